The van der Waals surface area contributed by atoms with Crippen LogP contribution in [0.15, 0.2) is 89.7 Å². The van der Waals surface area contributed by atoms with Gasteiger partial charge in [-0.25, -0.2) is 4.39 Å². The molecule has 0 spiro atoms. The highest BCUT2D eigenvalue weighted by Crippen LogP contribution is 2.42. The Morgan fingerprint density at radius 2 is 1.79 bits per heavy atom. The first-order chi connectivity index (χ1) is 16.5. The van der Waals surface area contributed by atoms with Crippen LogP contribution in [0.3, 0.4) is 0 Å². The molecule has 7 heteroatoms. The van der Waals surface area contributed by atoms with Crippen LogP contribution < -0.4 is 4.90 Å². The molecule has 2 aromatic carbocycles. The Morgan fingerprint density at radius 1 is 1.00 bits per heavy atom. The first-order valence-electron chi connectivity index (χ1n) is 11.1. The number of hydrogen-bond acceptors (Lipinski definition) is 3. The summed E-state index contributed by atoms with van der Waals surface area (Å²) in [6, 6.07) is 19.9. The molecule has 2 aromatic heterocycles. The zero-order valence-corrected chi connectivity index (χ0v) is 18.9. The molecule has 0 saturated carbocycles. The van der Waals surface area contributed by atoms with Crippen molar-refractivity contribution in [1.82, 2.24) is 9.47 Å². The zero-order valence-electron chi connectivity index (χ0n) is 18.9. The number of carbonyl (C=O) groups excluding carboxylic acids is 2. The molecule has 0 aliphatic carbocycles. The molecule has 172 valence electrons. The van der Waals surface area contributed by atoms with Crippen molar-refractivity contribution >= 4 is 17.5 Å². The number of hydrogen-bond donors (Lipinski definition) is 0. The van der Waals surface area contributed by atoms with E-state index in [1.807, 2.05) is 67.1 Å². The van der Waals surface area contributed by atoms with Gasteiger partial charge >= 0.3 is 0 Å². The number of nitrogens with zero attached hydrogens (tertiary/aromatic N) is 3. The summed E-state index contributed by atoms with van der Waals surface area (Å²) in [5.74, 6) is -0.536. The van der Waals surface area contributed by atoms with Crippen LogP contribution in [0.1, 0.15) is 41.7 Å². The second kappa shape index (κ2) is 8.67. The second-order valence-corrected chi connectivity index (χ2v) is 8.51. The number of fused-ring (bicyclic) bond motifs is 3. The average Bonchev–Trinajstić information content (AvgIpc) is 3.53. The predicted molar refractivity (Wildman–Crippen MR) is 126 cm³/mol. The zero-order chi connectivity index (χ0) is 23.8. The minimum absolute atomic E-state index is 0.167. The molecule has 6 nitrogen and oxygen atoms in total. The number of rotatable bonds is 5. The summed E-state index contributed by atoms with van der Waals surface area (Å²) in [5, 5.41) is 0. The van der Waals surface area contributed by atoms with Crippen molar-refractivity contribution in [2.24, 2.45) is 0 Å². The van der Waals surface area contributed by atoms with Gasteiger partial charge in [-0.05, 0) is 68.4 Å². The van der Waals surface area contributed by atoms with Crippen LogP contribution in [0.4, 0.5) is 10.1 Å². The minimum Gasteiger partial charge on any atom is -0.467 e. The first kappa shape index (κ1) is 21.7. The van der Waals surface area contributed by atoms with Gasteiger partial charge in [0.05, 0.1) is 23.3 Å². The van der Waals surface area contributed by atoms with Crippen LogP contribution in [0, 0.1) is 5.82 Å². The summed E-state index contributed by atoms with van der Waals surface area (Å²) in [6.45, 7) is 3.51. The van der Waals surface area contributed by atoms with E-state index in [9.17, 15) is 14.0 Å². The van der Waals surface area contributed by atoms with Crippen LogP contribution in [0.25, 0.3) is 5.69 Å². The van der Waals surface area contributed by atoms with Crippen molar-refractivity contribution in [1.29, 1.82) is 0 Å². The van der Waals surface area contributed by atoms with Gasteiger partial charge in [-0.1, -0.05) is 18.2 Å². The highest BCUT2D eigenvalue weighted by molar-refractivity contribution is 6.02. The van der Waals surface area contributed by atoms with Gasteiger partial charge in [-0.3, -0.25) is 14.5 Å². The lowest BCUT2D eigenvalue weighted by molar-refractivity contribution is -0.120. The number of furan rings is 1. The Morgan fingerprint density at radius 3 is 2.50 bits per heavy atom. The van der Waals surface area contributed by atoms with Crippen LogP contribution >= 0.6 is 0 Å². The predicted octanol–water partition coefficient (Wildman–Crippen LogP) is 5.20. The van der Waals surface area contributed by atoms with E-state index in [1.54, 1.807) is 23.3 Å². The van der Waals surface area contributed by atoms with E-state index in [4.69, 9.17) is 4.42 Å². The minimum atomic E-state index is -0.496. The summed E-state index contributed by atoms with van der Waals surface area (Å²) < 4.78 is 21.6. The molecule has 0 saturated heterocycles. The fourth-order valence-corrected chi connectivity index (χ4v) is 4.48. The molecule has 4 aromatic rings. The van der Waals surface area contributed by atoms with Gasteiger partial charge in [0.1, 0.15) is 24.2 Å². The maximum Gasteiger partial charge on any atom is 0.254 e. The van der Waals surface area contributed by atoms with Crippen LogP contribution in [-0.4, -0.2) is 33.9 Å². The van der Waals surface area contributed by atoms with Crippen LogP contribution in [-0.2, 0) is 4.79 Å². The number of aromatic nitrogens is 1. The highest BCUT2D eigenvalue weighted by atomic mass is 19.1. The molecule has 0 radical (unpaired) electrons. The number of benzene rings is 2. The lowest BCUT2D eigenvalue weighted by atomic mass is 10.0. The number of halogens is 1. The SMILES string of the molecule is CC(C)N(CC(=O)N1c2ccccc2-n2cccc2C1c1ccco1)C(=O)c1cccc(F)c1. The van der Waals surface area contributed by atoms with Crippen molar-refractivity contribution in [3.05, 3.63) is 108 Å². The van der Waals surface area contributed by atoms with Gasteiger partial charge in [-0.2, -0.15) is 0 Å². The van der Waals surface area contributed by atoms with Crippen molar-refractivity contribution in [3.63, 3.8) is 0 Å². The third-order valence-electron chi connectivity index (χ3n) is 6.06. The van der Waals surface area contributed by atoms with E-state index < -0.39 is 17.8 Å². The quantitative estimate of drug-likeness (QED) is 0.414. The second-order valence-electron chi connectivity index (χ2n) is 8.51. The summed E-state index contributed by atoms with van der Waals surface area (Å²) in [4.78, 5) is 30.3. The molecule has 0 fully saturated rings. The van der Waals surface area contributed by atoms with Crippen molar-refractivity contribution < 1.29 is 18.4 Å². The third kappa shape index (κ3) is 3.69. The molecule has 34 heavy (non-hydrogen) atoms. The van der Waals surface area contributed by atoms with Gasteiger partial charge in [0.25, 0.3) is 5.91 Å². The highest BCUT2D eigenvalue weighted by Gasteiger charge is 2.38. The number of carbonyl (C=O) groups is 2. The normalized spacial score (nSPS) is 14.6. The maximum atomic E-state index is 13.9. The molecular formula is C27H24FN3O3. The topological polar surface area (TPSA) is 58.7 Å². The lowest BCUT2D eigenvalue weighted by Gasteiger charge is -2.38. The fourth-order valence-electron chi connectivity index (χ4n) is 4.48. The fraction of sp³-hybridized carbons (Fsp3) is 0.185. The van der Waals surface area contributed by atoms with E-state index in [0.29, 0.717) is 5.76 Å². The number of amides is 2. The van der Waals surface area contributed by atoms with Gasteiger partial charge in [0, 0.05) is 17.8 Å². The van der Waals surface area contributed by atoms with Crippen LogP contribution in [0.2, 0.25) is 0 Å². The van der Waals surface area contributed by atoms with E-state index in [1.165, 1.54) is 23.1 Å². The van der Waals surface area contributed by atoms with Crippen LogP contribution in [0.5, 0.6) is 0 Å². The van der Waals surface area contributed by atoms with E-state index >= 15 is 0 Å². The monoisotopic (exact) mass is 457 g/mol. The Kier molecular flexibility index (Phi) is 5.53. The van der Waals surface area contributed by atoms with Crippen molar-refractivity contribution in [2.75, 3.05) is 11.4 Å². The Balaban J connectivity index is 1.55. The van der Waals surface area contributed by atoms with E-state index in [-0.39, 0.29) is 24.1 Å². The first-order valence-corrected chi connectivity index (χ1v) is 11.1. The van der Waals surface area contributed by atoms with Gasteiger partial charge < -0.3 is 13.9 Å². The average molecular weight is 458 g/mol. The summed E-state index contributed by atoms with van der Waals surface area (Å²) >= 11 is 0. The lowest BCUT2D eigenvalue weighted by Crippen LogP contribution is -2.48. The number of anilines is 1. The van der Waals surface area contributed by atoms with Crippen molar-refractivity contribution in [3.8, 4) is 5.69 Å². The molecule has 1 aliphatic rings. The van der Waals surface area contributed by atoms with Gasteiger partial charge in [-0.15, -0.1) is 0 Å². The third-order valence-corrected chi connectivity index (χ3v) is 6.06. The smallest absolute Gasteiger partial charge is 0.254 e. The Labute approximate surface area is 196 Å². The van der Waals surface area contributed by atoms with Gasteiger partial charge in [0.15, 0.2) is 0 Å². The standard InChI is InChI=1S/C27H24FN3O3/c1-18(2)30(27(33)19-8-5-9-20(28)16-19)17-25(32)31-22-11-4-3-10-21(22)29-14-6-12-23(29)26(31)24-13-7-15-34-24/h3-16,18,26H,17H2,1-2H3. The van der Waals surface area contributed by atoms with Crippen molar-refractivity contribution in [2.45, 2.75) is 25.9 Å². The summed E-state index contributed by atoms with van der Waals surface area (Å²) in [5.41, 5.74) is 2.68. The Bertz CT molecular complexity index is 1340. The molecule has 0 bridgehead atoms. The molecule has 3 heterocycles. The number of para-hydroxylation sites is 2. The molecule has 1 atom stereocenters. The molecule has 5 rings (SSSR count). The maximum absolute atomic E-state index is 13.9. The van der Waals surface area contributed by atoms with E-state index in [2.05, 4.69) is 0 Å². The molecule has 0 N–H and O–H groups in total. The van der Waals surface area contributed by atoms with Gasteiger partial charge in [0.2, 0.25) is 5.91 Å². The molecule has 2 amide bonds. The Hall–Kier alpha value is -4.13. The molecular weight excluding hydrogens is 433 g/mol. The van der Waals surface area contributed by atoms with E-state index in [0.717, 1.165) is 17.1 Å². The summed E-state index contributed by atoms with van der Waals surface area (Å²) in [7, 11) is 0. The summed E-state index contributed by atoms with van der Waals surface area (Å²) in [6.07, 6.45) is 3.54. The largest absolute Gasteiger partial charge is 0.467 e. The molecule has 1 unspecified atom stereocenters. The molecule has 1 aliphatic heterocycles.